The summed E-state index contributed by atoms with van der Waals surface area (Å²) in [6.45, 7) is 4.12. The molecule has 0 saturated carbocycles. The average molecular weight is 222 g/mol. The molecule has 1 fully saturated rings. The van der Waals surface area contributed by atoms with Crippen LogP contribution in [0.15, 0.2) is 12.4 Å². The monoisotopic (exact) mass is 222 g/mol. The molecule has 1 aliphatic rings. The SMILES string of the molecule is CCC1CCCN1C(CN)c1cnn(C)c1. The predicted molar refractivity (Wildman–Crippen MR) is 65.0 cm³/mol. The molecule has 1 aromatic heterocycles. The van der Waals surface area contributed by atoms with Gasteiger partial charge >= 0.3 is 0 Å². The minimum atomic E-state index is 0.348. The molecule has 0 bridgehead atoms. The van der Waals surface area contributed by atoms with Crippen molar-refractivity contribution in [1.29, 1.82) is 0 Å². The molecule has 1 saturated heterocycles. The zero-order valence-corrected chi connectivity index (χ0v) is 10.3. The minimum absolute atomic E-state index is 0.348. The second kappa shape index (κ2) is 4.97. The van der Waals surface area contributed by atoms with Crippen molar-refractivity contribution in [3.8, 4) is 0 Å². The number of hydrogen-bond acceptors (Lipinski definition) is 3. The van der Waals surface area contributed by atoms with E-state index in [1.807, 2.05) is 17.9 Å². The zero-order valence-electron chi connectivity index (χ0n) is 10.3. The summed E-state index contributed by atoms with van der Waals surface area (Å²) >= 11 is 0. The maximum absolute atomic E-state index is 5.93. The molecule has 2 heterocycles. The number of nitrogens with zero attached hydrogens (tertiary/aromatic N) is 3. The van der Waals surface area contributed by atoms with Crippen molar-refractivity contribution in [3.63, 3.8) is 0 Å². The van der Waals surface area contributed by atoms with Crippen LogP contribution in [0.2, 0.25) is 0 Å². The highest BCUT2D eigenvalue weighted by Gasteiger charge is 2.30. The standard InChI is InChI=1S/C12H22N4/c1-3-11-5-4-6-16(11)12(7-13)10-8-14-15(2)9-10/h8-9,11-12H,3-7,13H2,1-2H3. The molecule has 0 amide bonds. The minimum Gasteiger partial charge on any atom is -0.329 e. The molecule has 16 heavy (non-hydrogen) atoms. The van der Waals surface area contributed by atoms with Crippen molar-refractivity contribution in [2.24, 2.45) is 12.8 Å². The summed E-state index contributed by atoms with van der Waals surface area (Å²) in [4.78, 5) is 2.55. The van der Waals surface area contributed by atoms with Crippen LogP contribution in [-0.4, -0.2) is 33.8 Å². The van der Waals surface area contributed by atoms with Crippen LogP contribution in [0.5, 0.6) is 0 Å². The fraction of sp³-hybridized carbons (Fsp3) is 0.750. The number of hydrogen-bond donors (Lipinski definition) is 1. The average Bonchev–Trinajstić information content (AvgIpc) is 2.89. The third-order valence-electron chi connectivity index (χ3n) is 3.63. The van der Waals surface area contributed by atoms with E-state index in [0.29, 0.717) is 18.6 Å². The van der Waals surface area contributed by atoms with Crippen molar-refractivity contribution in [2.75, 3.05) is 13.1 Å². The molecule has 2 rings (SSSR count). The van der Waals surface area contributed by atoms with Gasteiger partial charge in [0.1, 0.15) is 0 Å². The Balaban J connectivity index is 2.15. The Bertz CT molecular complexity index is 334. The van der Waals surface area contributed by atoms with E-state index >= 15 is 0 Å². The quantitative estimate of drug-likeness (QED) is 0.835. The van der Waals surface area contributed by atoms with Gasteiger partial charge in [-0.2, -0.15) is 5.10 Å². The van der Waals surface area contributed by atoms with Gasteiger partial charge in [0.05, 0.1) is 12.2 Å². The molecule has 2 unspecified atom stereocenters. The molecule has 0 radical (unpaired) electrons. The summed E-state index contributed by atoms with van der Waals surface area (Å²) in [6.07, 6.45) is 7.87. The first-order valence-electron chi connectivity index (χ1n) is 6.20. The summed E-state index contributed by atoms with van der Waals surface area (Å²) in [5, 5.41) is 4.24. The number of aryl methyl sites for hydroxylation is 1. The first kappa shape index (κ1) is 11.6. The van der Waals surface area contributed by atoms with Gasteiger partial charge in [0, 0.05) is 31.4 Å². The molecule has 2 atom stereocenters. The summed E-state index contributed by atoms with van der Waals surface area (Å²) < 4.78 is 1.86. The molecule has 0 aliphatic carbocycles. The lowest BCUT2D eigenvalue weighted by atomic mass is 10.1. The highest BCUT2D eigenvalue weighted by Crippen LogP contribution is 2.29. The molecule has 4 nitrogen and oxygen atoms in total. The topological polar surface area (TPSA) is 47.1 Å². The van der Waals surface area contributed by atoms with E-state index in [0.717, 1.165) is 0 Å². The Morgan fingerprint density at radius 2 is 2.44 bits per heavy atom. The number of nitrogens with two attached hydrogens (primary N) is 1. The van der Waals surface area contributed by atoms with Gasteiger partial charge in [0.2, 0.25) is 0 Å². The normalized spacial score (nSPS) is 23.8. The van der Waals surface area contributed by atoms with Crippen LogP contribution in [0.3, 0.4) is 0 Å². The lowest BCUT2D eigenvalue weighted by Gasteiger charge is -2.31. The van der Waals surface area contributed by atoms with E-state index < -0.39 is 0 Å². The van der Waals surface area contributed by atoms with Crippen LogP contribution in [0, 0.1) is 0 Å². The largest absolute Gasteiger partial charge is 0.329 e. The third kappa shape index (κ3) is 2.13. The van der Waals surface area contributed by atoms with Crippen LogP contribution in [-0.2, 0) is 7.05 Å². The van der Waals surface area contributed by atoms with Crippen molar-refractivity contribution in [3.05, 3.63) is 18.0 Å². The molecular formula is C12H22N4. The van der Waals surface area contributed by atoms with Crippen LogP contribution in [0.4, 0.5) is 0 Å². The third-order valence-corrected chi connectivity index (χ3v) is 3.63. The highest BCUT2D eigenvalue weighted by atomic mass is 15.3. The van der Waals surface area contributed by atoms with Gasteiger partial charge in [-0.25, -0.2) is 0 Å². The van der Waals surface area contributed by atoms with Gasteiger partial charge in [0.25, 0.3) is 0 Å². The van der Waals surface area contributed by atoms with Gasteiger partial charge in [-0.3, -0.25) is 9.58 Å². The first-order chi connectivity index (χ1) is 7.76. The summed E-state index contributed by atoms with van der Waals surface area (Å²) in [7, 11) is 1.96. The van der Waals surface area contributed by atoms with E-state index in [9.17, 15) is 0 Å². The van der Waals surface area contributed by atoms with Crippen LogP contribution in [0.25, 0.3) is 0 Å². The molecule has 1 aliphatic heterocycles. The van der Waals surface area contributed by atoms with E-state index in [4.69, 9.17) is 5.73 Å². The zero-order chi connectivity index (χ0) is 11.5. The molecule has 1 aromatic rings. The molecule has 0 aromatic carbocycles. The Morgan fingerprint density at radius 3 is 3.00 bits per heavy atom. The fourth-order valence-electron chi connectivity index (χ4n) is 2.78. The number of aromatic nitrogens is 2. The van der Waals surface area contributed by atoms with Gasteiger partial charge < -0.3 is 5.73 Å². The smallest absolute Gasteiger partial charge is 0.0538 e. The van der Waals surface area contributed by atoms with Crippen LogP contribution < -0.4 is 5.73 Å². The first-order valence-corrected chi connectivity index (χ1v) is 6.20. The van der Waals surface area contributed by atoms with Crippen molar-refractivity contribution < 1.29 is 0 Å². The summed E-state index contributed by atoms with van der Waals surface area (Å²) in [6, 6.07) is 1.05. The molecule has 2 N–H and O–H groups in total. The second-order valence-electron chi connectivity index (χ2n) is 4.64. The number of rotatable bonds is 4. The van der Waals surface area contributed by atoms with Crippen molar-refractivity contribution >= 4 is 0 Å². The van der Waals surface area contributed by atoms with Gasteiger partial charge in [0.15, 0.2) is 0 Å². The van der Waals surface area contributed by atoms with Crippen LogP contribution >= 0.6 is 0 Å². The highest BCUT2D eigenvalue weighted by molar-refractivity contribution is 5.12. The second-order valence-corrected chi connectivity index (χ2v) is 4.64. The van der Waals surface area contributed by atoms with Crippen LogP contribution in [0.1, 0.15) is 37.8 Å². The Labute approximate surface area is 97.4 Å². The fourth-order valence-corrected chi connectivity index (χ4v) is 2.78. The Kier molecular flexibility index (Phi) is 3.61. The molecule has 90 valence electrons. The van der Waals surface area contributed by atoms with E-state index in [1.54, 1.807) is 0 Å². The van der Waals surface area contributed by atoms with E-state index in [-0.39, 0.29) is 0 Å². The summed E-state index contributed by atoms with van der Waals surface area (Å²) in [5.74, 6) is 0. The van der Waals surface area contributed by atoms with Crippen molar-refractivity contribution in [1.82, 2.24) is 14.7 Å². The summed E-state index contributed by atoms with van der Waals surface area (Å²) in [5.41, 5.74) is 7.19. The van der Waals surface area contributed by atoms with Crippen molar-refractivity contribution in [2.45, 2.75) is 38.3 Å². The van der Waals surface area contributed by atoms with Gasteiger partial charge in [-0.05, 0) is 25.8 Å². The van der Waals surface area contributed by atoms with Gasteiger partial charge in [-0.1, -0.05) is 6.92 Å². The molecule has 0 spiro atoms. The lowest BCUT2D eigenvalue weighted by molar-refractivity contribution is 0.180. The number of likely N-dealkylation sites (tertiary alicyclic amines) is 1. The Hall–Kier alpha value is -0.870. The maximum Gasteiger partial charge on any atom is 0.0538 e. The maximum atomic E-state index is 5.93. The van der Waals surface area contributed by atoms with E-state index in [2.05, 4.69) is 23.1 Å². The Morgan fingerprint density at radius 1 is 1.62 bits per heavy atom. The molecular weight excluding hydrogens is 200 g/mol. The lowest BCUT2D eigenvalue weighted by Crippen LogP contribution is -2.37. The van der Waals surface area contributed by atoms with E-state index in [1.165, 1.54) is 31.4 Å². The van der Waals surface area contributed by atoms with Gasteiger partial charge in [-0.15, -0.1) is 0 Å². The molecule has 4 heteroatoms. The predicted octanol–water partition coefficient (Wildman–Crippen LogP) is 1.29.